The number of nitrogens with zero attached hydrogens (tertiary/aromatic N) is 1. The normalized spacial score (nSPS) is 10.4. The summed E-state index contributed by atoms with van der Waals surface area (Å²) in [5.41, 5.74) is 1.45. The van der Waals surface area contributed by atoms with E-state index in [9.17, 15) is 4.79 Å². The van der Waals surface area contributed by atoms with Crippen LogP contribution >= 0.6 is 22.9 Å². The molecule has 0 unspecified atom stereocenters. The van der Waals surface area contributed by atoms with Crippen LogP contribution in [0.4, 0.5) is 5.69 Å². The number of halogens is 1. The zero-order valence-electron chi connectivity index (χ0n) is 7.37. The summed E-state index contributed by atoms with van der Waals surface area (Å²) in [6, 6.07) is 5.59. The fourth-order valence-electron chi connectivity index (χ4n) is 1.21. The topological polar surface area (TPSA) is 42.0 Å². The molecule has 0 saturated carbocycles. The summed E-state index contributed by atoms with van der Waals surface area (Å²) in [5.74, 6) is -0.110. The van der Waals surface area contributed by atoms with Crippen molar-refractivity contribution < 1.29 is 4.79 Å². The van der Waals surface area contributed by atoms with Gasteiger partial charge in [0.1, 0.15) is 5.52 Å². The van der Waals surface area contributed by atoms with Gasteiger partial charge in [0, 0.05) is 6.92 Å². The van der Waals surface area contributed by atoms with Crippen LogP contribution in [0.2, 0.25) is 4.47 Å². The van der Waals surface area contributed by atoms with Crippen LogP contribution in [0.5, 0.6) is 0 Å². The molecule has 0 radical (unpaired) electrons. The third kappa shape index (κ3) is 1.71. The Morgan fingerprint density at radius 2 is 2.36 bits per heavy atom. The summed E-state index contributed by atoms with van der Waals surface area (Å²) < 4.78 is 1.46. The molecule has 2 aromatic rings. The van der Waals surface area contributed by atoms with Crippen molar-refractivity contribution >= 4 is 44.7 Å². The molecule has 3 nitrogen and oxygen atoms in total. The zero-order chi connectivity index (χ0) is 10.1. The lowest BCUT2D eigenvalue weighted by Crippen LogP contribution is -2.05. The predicted octanol–water partition coefficient (Wildman–Crippen LogP) is 2.91. The Morgan fingerprint density at radius 3 is 3.07 bits per heavy atom. The van der Waals surface area contributed by atoms with Gasteiger partial charge in [-0.25, -0.2) is 4.98 Å². The monoisotopic (exact) mass is 226 g/mol. The van der Waals surface area contributed by atoms with Crippen molar-refractivity contribution in [1.29, 1.82) is 0 Å². The van der Waals surface area contributed by atoms with E-state index >= 15 is 0 Å². The molecular weight excluding hydrogens is 220 g/mol. The van der Waals surface area contributed by atoms with Crippen LogP contribution in [0, 0.1) is 0 Å². The van der Waals surface area contributed by atoms with Gasteiger partial charge in [0.15, 0.2) is 4.47 Å². The molecule has 0 atom stereocenters. The number of anilines is 1. The van der Waals surface area contributed by atoms with Crippen molar-refractivity contribution in [2.75, 3.05) is 5.32 Å². The van der Waals surface area contributed by atoms with E-state index in [1.165, 1.54) is 18.3 Å². The Bertz CT molecular complexity index is 495. The highest BCUT2D eigenvalue weighted by Gasteiger charge is 2.06. The molecule has 0 fully saturated rings. The van der Waals surface area contributed by atoms with Gasteiger partial charge in [-0.05, 0) is 12.1 Å². The number of fused-ring (bicyclic) bond motifs is 1. The summed E-state index contributed by atoms with van der Waals surface area (Å²) in [7, 11) is 0. The Labute approximate surface area is 89.7 Å². The minimum Gasteiger partial charge on any atom is -0.324 e. The minimum atomic E-state index is -0.110. The van der Waals surface area contributed by atoms with E-state index in [4.69, 9.17) is 11.6 Å². The van der Waals surface area contributed by atoms with Gasteiger partial charge in [-0.1, -0.05) is 17.7 Å². The first-order chi connectivity index (χ1) is 6.66. The highest BCUT2D eigenvalue weighted by Crippen LogP contribution is 2.30. The van der Waals surface area contributed by atoms with Gasteiger partial charge in [-0.15, -0.1) is 11.3 Å². The van der Waals surface area contributed by atoms with Crippen LogP contribution in [0.3, 0.4) is 0 Å². The summed E-state index contributed by atoms with van der Waals surface area (Å²) >= 11 is 7.18. The van der Waals surface area contributed by atoms with Gasteiger partial charge >= 0.3 is 0 Å². The van der Waals surface area contributed by atoms with Crippen LogP contribution in [0.15, 0.2) is 18.2 Å². The number of hydrogen-bond donors (Lipinski definition) is 1. The van der Waals surface area contributed by atoms with Crippen molar-refractivity contribution in [3.63, 3.8) is 0 Å². The molecule has 1 amide bonds. The van der Waals surface area contributed by atoms with Crippen LogP contribution in [-0.4, -0.2) is 10.9 Å². The summed E-state index contributed by atoms with van der Waals surface area (Å²) in [4.78, 5) is 15.0. The second kappa shape index (κ2) is 3.55. The van der Waals surface area contributed by atoms with E-state index in [1.54, 1.807) is 6.07 Å². The predicted molar refractivity (Wildman–Crippen MR) is 58.9 cm³/mol. The van der Waals surface area contributed by atoms with Gasteiger partial charge in [0.05, 0.1) is 10.4 Å². The number of hydrogen-bond acceptors (Lipinski definition) is 3. The Kier molecular flexibility index (Phi) is 2.39. The molecule has 1 aromatic heterocycles. The van der Waals surface area contributed by atoms with Crippen LogP contribution < -0.4 is 5.32 Å². The molecule has 0 saturated heterocycles. The van der Waals surface area contributed by atoms with Crippen molar-refractivity contribution in [3.8, 4) is 0 Å². The number of carbonyl (C=O) groups excluding carboxylic acids is 1. The lowest BCUT2D eigenvalue weighted by Gasteiger charge is -2.01. The Morgan fingerprint density at radius 1 is 1.57 bits per heavy atom. The molecule has 72 valence electrons. The van der Waals surface area contributed by atoms with Crippen molar-refractivity contribution in [2.24, 2.45) is 0 Å². The molecular formula is C9H7ClN2OS. The summed E-state index contributed by atoms with van der Waals surface area (Å²) in [6.45, 7) is 1.47. The number of thiazole rings is 1. The van der Waals surface area contributed by atoms with E-state index < -0.39 is 0 Å². The van der Waals surface area contributed by atoms with E-state index in [-0.39, 0.29) is 5.91 Å². The molecule has 0 aliphatic heterocycles. The fourth-order valence-corrected chi connectivity index (χ4v) is 2.26. The standard InChI is InChI=1S/C9H7ClN2OS/c1-5(13)11-6-3-2-4-7-8(6)12-9(10)14-7/h2-4H,1H3,(H,11,13). The number of nitrogens with one attached hydrogen (secondary N) is 1. The summed E-state index contributed by atoms with van der Waals surface area (Å²) in [6.07, 6.45) is 0. The number of para-hydroxylation sites is 1. The molecule has 5 heteroatoms. The largest absolute Gasteiger partial charge is 0.324 e. The lowest BCUT2D eigenvalue weighted by molar-refractivity contribution is -0.114. The third-order valence-corrected chi connectivity index (χ3v) is 2.83. The molecule has 0 aliphatic carbocycles. The van der Waals surface area contributed by atoms with E-state index in [0.717, 1.165) is 10.2 Å². The molecule has 1 N–H and O–H groups in total. The van der Waals surface area contributed by atoms with Gasteiger partial charge < -0.3 is 5.32 Å². The van der Waals surface area contributed by atoms with Gasteiger partial charge in [-0.2, -0.15) is 0 Å². The number of benzene rings is 1. The van der Waals surface area contributed by atoms with Crippen LogP contribution in [0.1, 0.15) is 6.92 Å². The molecule has 0 spiro atoms. The van der Waals surface area contributed by atoms with E-state index in [0.29, 0.717) is 10.2 Å². The van der Waals surface area contributed by atoms with Crippen LogP contribution in [0.25, 0.3) is 10.2 Å². The first-order valence-electron chi connectivity index (χ1n) is 3.99. The molecule has 0 aliphatic rings. The second-order valence-electron chi connectivity index (χ2n) is 2.80. The smallest absolute Gasteiger partial charge is 0.221 e. The highest BCUT2D eigenvalue weighted by molar-refractivity contribution is 7.22. The number of aromatic nitrogens is 1. The fraction of sp³-hybridized carbons (Fsp3) is 0.111. The SMILES string of the molecule is CC(=O)Nc1cccc2sc(Cl)nc12. The van der Waals surface area contributed by atoms with Crippen molar-refractivity contribution in [3.05, 3.63) is 22.7 Å². The molecule has 0 bridgehead atoms. The highest BCUT2D eigenvalue weighted by atomic mass is 35.5. The maximum absolute atomic E-state index is 10.9. The Hall–Kier alpha value is -1.13. The lowest BCUT2D eigenvalue weighted by atomic mass is 10.3. The average molecular weight is 227 g/mol. The van der Waals surface area contributed by atoms with Gasteiger partial charge in [0.2, 0.25) is 5.91 Å². The van der Waals surface area contributed by atoms with Gasteiger partial charge in [-0.3, -0.25) is 4.79 Å². The molecule has 14 heavy (non-hydrogen) atoms. The van der Waals surface area contributed by atoms with E-state index in [1.807, 2.05) is 12.1 Å². The second-order valence-corrected chi connectivity index (χ2v) is 4.41. The maximum Gasteiger partial charge on any atom is 0.221 e. The number of amides is 1. The first-order valence-corrected chi connectivity index (χ1v) is 5.19. The average Bonchev–Trinajstić information content (AvgIpc) is 2.45. The Balaban J connectivity index is 2.58. The van der Waals surface area contributed by atoms with E-state index in [2.05, 4.69) is 10.3 Å². The quantitative estimate of drug-likeness (QED) is 0.813. The van der Waals surface area contributed by atoms with Crippen molar-refractivity contribution in [1.82, 2.24) is 4.98 Å². The van der Waals surface area contributed by atoms with Crippen molar-refractivity contribution in [2.45, 2.75) is 6.92 Å². The molecule has 2 rings (SSSR count). The maximum atomic E-state index is 10.9. The zero-order valence-corrected chi connectivity index (χ0v) is 8.95. The van der Waals surface area contributed by atoms with Gasteiger partial charge in [0.25, 0.3) is 0 Å². The molecule has 1 heterocycles. The summed E-state index contributed by atoms with van der Waals surface area (Å²) in [5, 5.41) is 2.71. The first kappa shape index (κ1) is 9.43. The molecule has 1 aromatic carbocycles. The minimum absolute atomic E-state index is 0.110. The van der Waals surface area contributed by atoms with Crippen LogP contribution in [-0.2, 0) is 4.79 Å². The number of carbonyl (C=O) groups is 1. The third-order valence-electron chi connectivity index (χ3n) is 1.70. The number of rotatable bonds is 1.